The lowest BCUT2D eigenvalue weighted by molar-refractivity contribution is -0.128. The van der Waals surface area contributed by atoms with Crippen LogP contribution in [0.5, 0.6) is 0 Å². The van der Waals surface area contributed by atoms with Gasteiger partial charge in [0.1, 0.15) is 5.82 Å². The van der Waals surface area contributed by atoms with Crippen LogP contribution in [0.15, 0.2) is 24.3 Å². The van der Waals surface area contributed by atoms with Crippen LogP contribution in [0.25, 0.3) is 11.0 Å². The van der Waals surface area contributed by atoms with E-state index in [1.165, 1.54) is 0 Å². The number of fused-ring (bicyclic) bond motifs is 1. The standard InChI is InChI=1S/C17H22N4O2/c1-10(2)15(16-18-12-6-4-5-7-13(12)19-16)20-17(23)11-8-14(22)21(3)9-11/h4-7,10-11,15H,8-9H2,1-3H3,(H,18,19)(H,20,23)/t11-,15-/m0/s1. The fourth-order valence-electron chi connectivity index (χ4n) is 2.98. The van der Waals surface area contributed by atoms with E-state index in [1.807, 2.05) is 38.1 Å². The van der Waals surface area contributed by atoms with E-state index in [0.29, 0.717) is 6.54 Å². The summed E-state index contributed by atoms with van der Waals surface area (Å²) >= 11 is 0. The highest BCUT2D eigenvalue weighted by Crippen LogP contribution is 2.24. The van der Waals surface area contributed by atoms with Gasteiger partial charge in [-0.25, -0.2) is 4.98 Å². The average Bonchev–Trinajstić information content (AvgIpc) is 3.08. The number of aromatic nitrogens is 2. The molecule has 1 aromatic heterocycles. The molecule has 23 heavy (non-hydrogen) atoms. The maximum Gasteiger partial charge on any atom is 0.226 e. The van der Waals surface area contributed by atoms with Crippen molar-refractivity contribution in [1.82, 2.24) is 20.2 Å². The van der Waals surface area contributed by atoms with Gasteiger partial charge in [0.2, 0.25) is 11.8 Å². The Bertz CT molecular complexity index is 704. The topological polar surface area (TPSA) is 78.1 Å². The summed E-state index contributed by atoms with van der Waals surface area (Å²) < 4.78 is 0. The molecule has 0 saturated carbocycles. The number of carbonyl (C=O) groups is 2. The van der Waals surface area contributed by atoms with Gasteiger partial charge in [-0.3, -0.25) is 9.59 Å². The quantitative estimate of drug-likeness (QED) is 0.904. The number of imidazole rings is 1. The van der Waals surface area contributed by atoms with Crippen LogP contribution < -0.4 is 5.32 Å². The maximum absolute atomic E-state index is 12.5. The molecule has 122 valence electrons. The molecule has 2 atom stereocenters. The zero-order valence-corrected chi connectivity index (χ0v) is 13.7. The summed E-state index contributed by atoms with van der Waals surface area (Å²) in [5.74, 6) is 0.608. The van der Waals surface area contributed by atoms with E-state index >= 15 is 0 Å². The molecule has 1 aliphatic heterocycles. The lowest BCUT2D eigenvalue weighted by Crippen LogP contribution is -2.37. The number of rotatable bonds is 4. The van der Waals surface area contributed by atoms with Gasteiger partial charge in [-0.2, -0.15) is 0 Å². The summed E-state index contributed by atoms with van der Waals surface area (Å²) in [5, 5.41) is 3.07. The largest absolute Gasteiger partial charge is 0.346 e. The maximum atomic E-state index is 12.5. The molecule has 2 aromatic rings. The predicted octanol–water partition coefficient (Wildman–Crippen LogP) is 1.85. The molecule has 0 spiro atoms. The molecule has 2 heterocycles. The molecule has 6 nitrogen and oxygen atoms in total. The van der Waals surface area contributed by atoms with Crippen molar-refractivity contribution in [2.45, 2.75) is 26.3 Å². The van der Waals surface area contributed by atoms with Gasteiger partial charge in [-0.15, -0.1) is 0 Å². The van der Waals surface area contributed by atoms with E-state index in [9.17, 15) is 9.59 Å². The normalized spacial score (nSPS) is 19.6. The zero-order valence-electron chi connectivity index (χ0n) is 13.7. The number of likely N-dealkylation sites (tertiary alicyclic amines) is 1. The number of benzene rings is 1. The molecule has 0 unspecified atom stereocenters. The molecule has 1 fully saturated rings. The summed E-state index contributed by atoms with van der Waals surface area (Å²) in [4.78, 5) is 33.6. The van der Waals surface area contributed by atoms with Crippen LogP contribution in [0.1, 0.15) is 32.1 Å². The molecule has 2 N–H and O–H groups in total. The summed E-state index contributed by atoms with van der Waals surface area (Å²) in [6.07, 6.45) is 0.285. The number of para-hydroxylation sites is 2. The van der Waals surface area contributed by atoms with Crippen molar-refractivity contribution in [2.75, 3.05) is 13.6 Å². The van der Waals surface area contributed by atoms with Gasteiger partial charge in [0.15, 0.2) is 0 Å². The van der Waals surface area contributed by atoms with Crippen molar-refractivity contribution in [2.24, 2.45) is 11.8 Å². The van der Waals surface area contributed by atoms with Crippen LogP contribution in [0.3, 0.4) is 0 Å². The second kappa shape index (κ2) is 6.02. The third-order valence-corrected chi connectivity index (χ3v) is 4.38. The Balaban J connectivity index is 1.79. The fraction of sp³-hybridized carbons (Fsp3) is 0.471. The number of hydrogen-bond donors (Lipinski definition) is 2. The highest BCUT2D eigenvalue weighted by molar-refractivity contribution is 5.89. The molecule has 3 rings (SSSR count). The number of amides is 2. The second-order valence-electron chi connectivity index (χ2n) is 6.54. The van der Waals surface area contributed by atoms with E-state index in [1.54, 1.807) is 11.9 Å². The van der Waals surface area contributed by atoms with Crippen molar-refractivity contribution >= 4 is 22.8 Å². The first-order valence-corrected chi connectivity index (χ1v) is 7.94. The Morgan fingerprint density at radius 2 is 2.13 bits per heavy atom. The van der Waals surface area contributed by atoms with Crippen LogP contribution in [-0.4, -0.2) is 40.3 Å². The van der Waals surface area contributed by atoms with Crippen molar-refractivity contribution < 1.29 is 9.59 Å². The zero-order chi connectivity index (χ0) is 16.6. The number of H-pyrrole nitrogens is 1. The van der Waals surface area contributed by atoms with Crippen molar-refractivity contribution in [3.8, 4) is 0 Å². The summed E-state index contributed by atoms with van der Waals surface area (Å²) in [7, 11) is 1.73. The molecule has 0 radical (unpaired) electrons. The van der Waals surface area contributed by atoms with Crippen molar-refractivity contribution in [3.63, 3.8) is 0 Å². The first kappa shape index (κ1) is 15.5. The third-order valence-electron chi connectivity index (χ3n) is 4.38. The first-order chi connectivity index (χ1) is 11.0. The van der Waals surface area contributed by atoms with E-state index < -0.39 is 0 Å². The lowest BCUT2D eigenvalue weighted by Gasteiger charge is -2.22. The minimum atomic E-state index is -0.280. The van der Waals surface area contributed by atoms with Gasteiger partial charge >= 0.3 is 0 Å². The minimum absolute atomic E-state index is 0.0231. The summed E-state index contributed by atoms with van der Waals surface area (Å²) in [6.45, 7) is 4.57. The van der Waals surface area contributed by atoms with E-state index in [-0.39, 0.29) is 36.1 Å². The molecule has 1 aliphatic rings. The van der Waals surface area contributed by atoms with Gasteiger partial charge in [-0.1, -0.05) is 26.0 Å². The Kier molecular flexibility index (Phi) is 4.07. The number of carbonyl (C=O) groups excluding carboxylic acids is 2. The average molecular weight is 314 g/mol. The van der Waals surface area contributed by atoms with Crippen molar-refractivity contribution in [3.05, 3.63) is 30.1 Å². The molecule has 0 aliphatic carbocycles. The highest BCUT2D eigenvalue weighted by Gasteiger charge is 2.34. The number of nitrogens with one attached hydrogen (secondary N) is 2. The van der Waals surface area contributed by atoms with Crippen LogP contribution >= 0.6 is 0 Å². The van der Waals surface area contributed by atoms with Gasteiger partial charge in [0.25, 0.3) is 0 Å². The lowest BCUT2D eigenvalue weighted by atomic mass is 10.0. The third kappa shape index (κ3) is 3.06. The Labute approximate surface area is 135 Å². The molecule has 0 bridgehead atoms. The highest BCUT2D eigenvalue weighted by atomic mass is 16.2. The monoisotopic (exact) mass is 314 g/mol. The van der Waals surface area contributed by atoms with Gasteiger partial charge < -0.3 is 15.2 Å². The SMILES string of the molecule is CC(C)[C@H](NC(=O)[C@H]1CC(=O)N(C)C1)c1nc2ccccc2[nH]1. The van der Waals surface area contributed by atoms with Crippen LogP contribution in [0.2, 0.25) is 0 Å². The van der Waals surface area contributed by atoms with E-state index in [2.05, 4.69) is 15.3 Å². The van der Waals surface area contributed by atoms with Gasteiger partial charge in [0.05, 0.1) is 23.0 Å². The molecular formula is C17H22N4O2. The molecule has 1 aromatic carbocycles. The molecule has 1 saturated heterocycles. The predicted molar refractivity (Wildman–Crippen MR) is 87.6 cm³/mol. The van der Waals surface area contributed by atoms with E-state index in [0.717, 1.165) is 16.9 Å². The Morgan fingerprint density at radius 1 is 1.39 bits per heavy atom. The smallest absolute Gasteiger partial charge is 0.226 e. The van der Waals surface area contributed by atoms with Crippen LogP contribution in [0, 0.1) is 11.8 Å². The number of hydrogen-bond acceptors (Lipinski definition) is 3. The molecular weight excluding hydrogens is 292 g/mol. The van der Waals surface area contributed by atoms with Crippen molar-refractivity contribution in [1.29, 1.82) is 0 Å². The number of nitrogens with zero attached hydrogens (tertiary/aromatic N) is 2. The van der Waals surface area contributed by atoms with Gasteiger partial charge in [-0.05, 0) is 18.1 Å². The Hall–Kier alpha value is -2.37. The minimum Gasteiger partial charge on any atom is -0.346 e. The fourth-order valence-corrected chi connectivity index (χ4v) is 2.98. The van der Waals surface area contributed by atoms with Crippen LogP contribution in [-0.2, 0) is 9.59 Å². The Morgan fingerprint density at radius 3 is 2.74 bits per heavy atom. The summed E-state index contributed by atoms with van der Waals surface area (Å²) in [5.41, 5.74) is 1.84. The van der Waals surface area contributed by atoms with E-state index in [4.69, 9.17) is 0 Å². The summed E-state index contributed by atoms with van der Waals surface area (Å²) in [6, 6.07) is 7.61. The second-order valence-corrected chi connectivity index (χ2v) is 6.54. The molecule has 6 heteroatoms. The molecule has 2 amide bonds. The van der Waals surface area contributed by atoms with Gasteiger partial charge in [0, 0.05) is 20.0 Å². The number of aromatic amines is 1. The van der Waals surface area contributed by atoms with Crippen LogP contribution in [0.4, 0.5) is 0 Å². The first-order valence-electron chi connectivity index (χ1n) is 7.94.